The molecule has 2 atom stereocenters. The van der Waals surface area contributed by atoms with Crippen LogP contribution >= 0.6 is 0 Å². The molecule has 0 saturated carbocycles. The van der Waals surface area contributed by atoms with Crippen LogP contribution in [0.15, 0.2) is 24.3 Å². The summed E-state index contributed by atoms with van der Waals surface area (Å²) in [6.45, 7) is 8.60. The predicted octanol–water partition coefficient (Wildman–Crippen LogP) is 3.77. The maximum absolute atomic E-state index is 13.3. The van der Waals surface area contributed by atoms with Crippen molar-refractivity contribution in [1.82, 2.24) is 10.2 Å². The summed E-state index contributed by atoms with van der Waals surface area (Å²) in [4.78, 5) is 27.0. The second kappa shape index (κ2) is 9.11. The molecular formula is C21H28F2N2O2. The monoisotopic (exact) mass is 378 g/mol. The zero-order valence-electron chi connectivity index (χ0n) is 16.3. The molecule has 1 aromatic carbocycles. The third-order valence-corrected chi connectivity index (χ3v) is 4.54. The normalized spacial score (nSPS) is 20.6. The smallest absolute Gasteiger partial charge is 0.247 e. The third-order valence-electron chi connectivity index (χ3n) is 4.54. The number of halogens is 2. The number of carbonyl (C=O) groups excluding carboxylic acids is 2. The van der Waals surface area contributed by atoms with E-state index in [4.69, 9.17) is 0 Å². The van der Waals surface area contributed by atoms with Crippen LogP contribution in [-0.2, 0) is 9.59 Å². The Kier molecular flexibility index (Phi) is 7.11. The summed E-state index contributed by atoms with van der Waals surface area (Å²) in [5, 5.41) is 3.03. The molecule has 6 heteroatoms. The molecule has 2 rings (SSSR count). The molecule has 1 fully saturated rings. The highest BCUT2D eigenvalue weighted by atomic mass is 19.2. The molecule has 0 aliphatic carbocycles. The molecule has 0 aromatic heterocycles. The Bertz CT molecular complexity index is 716. The number of nitrogens with zero attached hydrogens (tertiary/aromatic N) is 1. The van der Waals surface area contributed by atoms with Crippen LogP contribution in [0.25, 0.3) is 6.08 Å². The molecule has 4 nitrogen and oxygen atoms in total. The Labute approximate surface area is 159 Å². The zero-order valence-corrected chi connectivity index (χ0v) is 16.3. The van der Waals surface area contributed by atoms with Gasteiger partial charge in [-0.25, -0.2) is 8.78 Å². The van der Waals surface area contributed by atoms with Crippen LogP contribution in [0.3, 0.4) is 0 Å². The van der Waals surface area contributed by atoms with Crippen molar-refractivity contribution in [3.8, 4) is 0 Å². The van der Waals surface area contributed by atoms with E-state index in [0.29, 0.717) is 24.4 Å². The molecule has 2 amide bonds. The molecule has 0 unspecified atom stereocenters. The van der Waals surface area contributed by atoms with E-state index in [0.717, 1.165) is 18.6 Å². The van der Waals surface area contributed by atoms with E-state index in [1.807, 2.05) is 13.8 Å². The second-order valence-electron chi connectivity index (χ2n) is 7.98. The van der Waals surface area contributed by atoms with Crippen molar-refractivity contribution < 1.29 is 18.4 Å². The lowest BCUT2D eigenvalue weighted by atomic mass is 9.95. The van der Waals surface area contributed by atoms with Crippen molar-refractivity contribution in [2.45, 2.75) is 52.6 Å². The Morgan fingerprint density at radius 3 is 2.44 bits per heavy atom. The van der Waals surface area contributed by atoms with Gasteiger partial charge in [-0.3, -0.25) is 9.59 Å². The van der Waals surface area contributed by atoms with Gasteiger partial charge in [0.2, 0.25) is 11.8 Å². The SMILES string of the molecule is CC(C)C[C@H]1CN(C(=O)/C=C/c2ccc(F)c(F)c2)[C@@H](CC(C)C)C(=O)N1. The van der Waals surface area contributed by atoms with Gasteiger partial charge in [0.1, 0.15) is 6.04 Å². The van der Waals surface area contributed by atoms with E-state index in [2.05, 4.69) is 19.2 Å². The molecule has 1 saturated heterocycles. The average molecular weight is 378 g/mol. The largest absolute Gasteiger partial charge is 0.350 e. The van der Waals surface area contributed by atoms with Gasteiger partial charge in [-0.2, -0.15) is 0 Å². The van der Waals surface area contributed by atoms with Crippen LogP contribution in [0.5, 0.6) is 0 Å². The molecule has 0 bridgehead atoms. The summed E-state index contributed by atoms with van der Waals surface area (Å²) in [5.74, 6) is -1.67. The van der Waals surface area contributed by atoms with Gasteiger partial charge >= 0.3 is 0 Å². The summed E-state index contributed by atoms with van der Waals surface area (Å²) in [7, 11) is 0. The van der Waals surface area contributed by atoms with Crippen molar-refractivity contribution in [2.75, 3.05) is 6.54 Å². The van der Waals surface area contributed by atoms with Gasteiger partial charge in [-0.1, -0.05) is 33.8 Å². The minimum Gasteiger partial charge on any atom is -0.350 e. The first kappa shape index (κ1) is 21.1. The molecular weight excluding hydrogens is 350 g/mol. The minimum absolute atomic E-state index is 0.0819. The molecule has 1 N–H and O–H groups in total. The number of nitrogens with one attached hydrogen (secondary N) is 1. The molecule has 1 aliphatic heterocycles. The highest BCUT2D eigenvalue weighted by molar-refractivity contribution is 5.96. The van der Waals surface area contributed by atoms with Crippen LogP contribution in [-0.4, -0.2) is 35.3 Å². The van der Waals surface area contributed by atoms with Gasteiger partial charge in [0, 0.05) is 18.7 Å². The van der Waals surface area contributed by atoms with Crippen LogP contribution in [0.2, 0.25) is 0 Å². The summed E-state index contributed by atoms with van der Waals surface area (Å²) in [6, 6.07) is 2.86. The molecule has 1 heterocycles. The van der Waals surface area contributed by atoms with Crippen LogP contribution in [0, 0.1) is 23.5 Å². The molecule has 1 aliphatic rings. The van der Waals surface area contributed by atoms with Gasteiger partial charge < -0.3 is 10.2 Å². The number of rotatable bonds is 6. The lowest BCUT2D eigenvalue weighted by Gasteiger charge is -2.40. The van der Waals surface area contributed by atoms with Gasteiger partial charge in [0.05, 0.1) is 0 Å². The summed E-state index contributed by atoms with van der Waals surface area (Å²) >= 11 is 0. The lowest BCUT2D eigenvalue weighted by Crippen LogP contribution is -2.61. The maximum atomic E-state index is 13.3. The van der Waals surface area contributed by atoms with Gasteiger partial charge in [-0.05, 0) is 48.4 Å². The van der Waals surface area contributed by atoms with Crippen LogP contribution in [0.1, 0.15) is 46.1 Å². The number of piperazine rings is 1. The van der Waals surface area contributed by atoms with Crippen molar-refractivity contribution in [1.29, 1.82) is 0 Å². The number of amides is 2. The van der Waals surface area contributed by atoms with Crippen molar-refractivity contribution in [3.05, 3.63) is 41.5 Å². The topological polar surface area (TPSA) is 49.4 Å². The quantitative estimate of drug-likeness (QED) is 0.766. The highest BCUT2D eigenvalue weighted by Gasteiger charge is 2.36. The van der Waals surface area contributed by atoms with E-state index in [9.17, 15) is 18.4 Å². The first-order valence-electron chi connectivity index (χ1n) is 9.41. The van der Waals surface area contributed by atoms with Gasteiger partial charge in [0.15, 0.2) is 11.6 Å². The van der Waals surface area contributed by atoms with Gasteiger partial charge in [0.25, 0.3) is 0 Å². The first-order chi connectivity index (χ1) is 12.7. The Hall–Kier alpha value is -2.24. The van der Waals surface area contributed by atoms with Crippen molar-refractivity contribution in [2.24, 2.45) is 11.8 Å². The highest BCUT2D eigenvalue weighted by Crippen LogP contribution is 2.20. The van der Waals surface area contributed by atoms with E-state index < -0.39 is 17.7 Å². The second-order valence-corrected chi connectivity index (χ2v) is 7.98. The summed E-state index contributed by atoms with van der Waals surface area (Å²) in [5.41, 5.74) is 0.392. The standard InChI is InChI=1S/C21H28F2N2O2/c1-13(2)9-16-12-25(19(10-14(3)4)21(27)24-16)20(26)8-6-15-5-7-17(22)18(23)11-15/h5-8,11,13-14,16,19H,9-10,12H2,1-4H3,(H,24,27)/b8-6+/t16-,19-/m0/s1. The number of carbonyl (C=O) groups is 2. The fourth-order valence-electron chi connectivity index (χ4n) is 3.36. The minimum atomic E-state index is -0.961. The molecule has 1 aromatic rings. The molecule has 0 spiro atoms. The Morgan fingerprint density at radius 1 is 1.19 bits per heavy atom. The first-order valence-corrected chi connectivity index (χ1v) is 9.41. The average Bonchev–Trinajstić information content (AvgIpc) is 2.57. The Morgan fingerprint density at radius 2 is 1.85 bits per heavy atom. The summed E-state index contributed by atoms with van der Waals surface area (Å²) < 4.78 is 26.4. The Balaban J connectivity index is 2.19. The summed E-state index contributed by atoms with van der Waals surface area (Å²) in [6.07, 6.45) is 4.13. The lowest BCUT2D eigenvalue weighted by molar-refractivity contribution is -0.142. The number of hydrogen-bond donors (Lipinski definition) is 1. The van der Waals surface area contributed by atoms with E-state index in [1.165, 1.54) is 18.2 Å². The van der Waals surface area contributed by atoms with E-state index >= 15 is 0 Å². The van der Waals surface area contributed by atoms with Crippen molar-refractivity contribution in [3.63, 3.8) is 0 Å². The van der Waals surface area contributed by atoms with Crippen LogP contribution in [0.4, 0.5) is 8.78 Å². The van der Waals surface area contributed by atoms with E-state index in [-0.39, 0.29) is 23.8 Å². The predicted molar refractivity (Wildman–Crippen MR) is 102 cm³/mol. The zero-order chi connectivity index (χ0) is 20.1. The number of hydrogen-bond acceptors (Lipinski definition) is 2. The fourth-order valence-corrected chi connectivity index (χ4v) is 3.36. The molecule has 0 radical (unpaired) electrons. The maximum Gasteiger partial charge on any atom is 0.247 e. The van der Waals surface area contributed by atoms with Crippen molar-refractivity contribution >= 4 is 17.9 Å². The van der Waals surface area contributed by atoms with Gasteiger partial charge in [-0.15, -0.1) is 0 Å². The fraction of sp³-hybridized carbons (Fsp3) is 0.524. The van der Waals surface area contributed by atoms with Crippen LogP contribution < -0.4 is 5.32 Å². The molecule has 148 valence electrons. The third kappa shape index (κ3) is 5.88. The van der Waals surface area contributed by atoms with E-state index in [1.54, 1.807) is 4.90 Å². The molecule has 27 heavy (non-hydrogen) atoms. The number of benzene rings is 1.